The number of furan rings is 1. The molecule has 0 N–H and O–H groups in total. The van der Waals surface area contributed by atoms with Gasteiger partial charge in [-0.25, -0.2) is 0 Å². The van der Waals surface area contributed by atoms with E-state index in [4.69, 9.17) is 4.42 Å². The van der Waals surface area contributed by atoms with E-state index < -0.39 is 29.2 Å². The molecule has 19 heavy (non-hydrogen) atoms. The first-order valence-corrected chi connectivity index (χ1v) is 5.84. The molecule has 0 amide bonds. The standard InChI is InChI=1S/C11H7BrF4N2O/c1-18(4-5-2-3-6(12)19-5)9-7(13)10(15)17-11(16)8(9)14/h2-3H,4H2,1H3. The molecule has 0 aliphatic rings. The molecule has 8 heteroatoms. The third kappa shape index (κ3) is 2.73. The van der Waals surface area contributed by atoms with Gasteiger partial charge in [0, 0.05) is 7.05 Å². The molecule has 2 heterocycles. The normalized spacial score (nSPS) is 10.8. The Hall–Kier alpha value is -1.57. The minimum absolute atomic E-state index is 0.0671. The van der Waals surface area contributed by atoms with Gasteiger partial charge < -0.3 is 9.32 Å². The van der Waals surface area contributed by atoms with Crippen LogP contribution in [0.4, 0.5) is 23.2 Å². The lowest BCUT2D eigenvalue weighted by atomic mass is 10.3. The van der Waals surface area contributed by atoms with Crippen LogP contribution in [0.25, 0.3) is 0 Å². The molecule has 0 aliphatic carbocycles. The molecule has 0 saturated carbocycles. The summed E-state index contributed by atoms with van der Waals surface area (Å²) in [5.41, 5.74) is -0.836. The van der Waals surface area contributed by atoms with E-state index in [9.17, 15) is 17.6 Å². The van der Waals surface area contributed by atoms with Crippen LogP contribution in [0.1, 0.15) is 5.76 Å². The summed E-state index contributed by atoms with van der Waals surface area (Å²) in [5, 5.41) is 0. The van der Waals surface area contributed by atoms with E-state index in [-0.39, 0.29) is 6.54 Å². The van der Waals surface area contributed by atoms with Crippen LogP contribution in [0.3, 0.4) is 0 Å². The molecule has 0 unspecified atom stereocenters. The van der Waals surface area contributed by atoms with Crippen molar-refractivity contribution in [1.82, 2.24) is 4.98 Å². The number of rotatable bonds is 3. The molecule has 0 saturated heterocycles. The van der Waals surface area contributed by atoms with Crippen LogP contribution in [0, 0.1) is 23.5 Å². The average molecular weight is 339 g/mol. The molecule has 0 aromatic carbocycles. The summed E-state index contributed by atoms with van der Waals surface area (Å²) in [6.07, 6.45) is 0. The molecule has 0 bridgehead atoms. The fraction of sp³-hybridized carbons (Fsp3) is 0.182. The Bertz CT molecular complexity index is 591. The van der Waals surface area contributed by atoms with Crippen LogP contribution in [0.2, 0.25) is 0 Å². The molecule has 2 rings (SSSR count). The number of hydrogen-bond donors (Lipinski definition) is 0. The maximum atomic E-state index is 13.5. The lowest BCUT2D eigenvalue weighted by Crippen LogP contribution is -2.21. The van der Waals surface area contributed by atoms with Crippen molar-refractivity contribution in [2.75, 3.05) is 11.9 Å². The summed E-state index contributed by atoms with van der Waals surface area (Å²) in [6, 6.07) is 3.15. The van der Waals surface area contributed by atoms with E-state index in [2.05, 4.69) is 20.9 Å². The second kappa shape index (κ2) is 5.20. The summed E-state index contributed by atoms with van der Waals surface area (Å²) >= 11 is 3.07. The second-order valence-electron chi connectivity index (χ2n) is 3.73. The van der Waals surface area contributed by atoms with Gasteiger partial charge in [0.25, 0.3) is 11.9 Å². The van der Waals surface area contributed by atoms with Crippen molar-refractivity contribution < 1.29 is 22.0 Å². The molecule has 102 valence electrons. The van der Waals surface area contributed by atoms with E-state index >= 15 is 0 Å². The predicted molar refractivity (Wildman–Crippen MR) is 62.6 cm³/mol. The highest BCUT2D eigenvalue weighted by atomic mass is 79.9. The second-order valence-corrected chi connectivity index (χ2v) is 4.51. The Morgan fingerprint density at radius 3 is 2.21 bits per heavy atom. The van der Waals surface area contributed by atoms with Crippen LogP contribution < -0.4 is 4.90 Å². The zero-order valence-electron chi connectivity index (χ0n) is 9.55. The largest absolute Gasteiger partial charge is 0.452 e. The van der Waals surface area contributed by atoms with E-state index in [1.165, 1.54) is 7.05 Å². The van der Waals surface area contributed by atoms with Crippen molar-refractivity contribution in [3.05, 3.63) is 46.1 Å². The van der Waals surface area contributed by atoms with E-state index in [0.717, 1.165) is 4.90 Å². The Balaban J connectivity index is 2.36. The molecular weight excluding hydrogens is 332 g/mol. The quantitative estimate of drug-likeness (QED) is 0.632. The zero-order chi connectivity index (χ0) is 14.2. The Morgan fingerprint density at radius 2 is 1.74 bits per heavy atom. The molecule has 0 spiro atoms. The summed E-state index contributed by atoms with van der Waals surface area (Å²) in [6.45, 7) is -0.0671. The van der Waals surface area contributed by atoms with E-state index in [0.29, 0.717) is 10.4 Å². The maximum absolute atomic E-state index is 13.5. The van der Waals surface area contributed by atoms with E-state index in [1.807, 2.05) is 0 Å². The Kier molecular flexibility index (Phi) is 3.79. The van der Waals surface area contributed by atoms with Crippen molar-refractivity contribution in [2.45, 2.75) is 6.54 Å². The lowest BCUT2D eigenvalue weighted by molar-refractivity contribution is 0.405. The van der Waals surface area contributed by atoms with Crippen molar-refractivity contribution in [3.63, 3.8) is 0 Å². The fourth-order valence-electron chi connectivity index (χ4n) is 1.56. The SMILES string of the molecule is CN(Cc1ccc(Br)o1)c1c(F)c(F)nc(F)c1F. The van der Waals surface area contributed by atoms with Gasteiger partial charge in [-0.05, 0) is 28.1 Å². The van der Waals surface area contributed by atoms with Crippen molar-refractivity contribution in [3.8, 4) is 0 Å². The van der Waals surface area contributed by atoms with Crippen molar-refractivity contribution >= 4 is 21.6 Å². The van der Waals surface area contributed by atoms with Gasteiger partial charge in [0.15, 0.2) is 4.67 Å². The minimum atomic E-state index is -1.69. The van der Waals surface area contributed by atoms with Gasteiger partial charge in [0.05, 0.1) is 6.54 Å². The third-order valence-electron chi connectivity index (χ3n) is 2.38. The Labute approximate surface area is 114 Å². The molecule has 0 radical (unpaired) electrons. The first kappa shape index (κ1) is 13.9. The first-order valence-electron chi connectivity index (χ1n) is 5.05. The zero-order valence-corrected chi connectivity index (χ0v) is 11.1. The number of aromatic nitrogens is 1. The van der Waals surface area contributed by atoms with Gasteiger partial charge in [-0.15, -0.1) is 0 Å². The topological polar surface area (TPSA) is 29.3 Å². The molecule has 2 aromatic heterocycles. The van der Waals surface area contributed by atoms with Gasteiger partial charge >= 0.3 is 0 Å². The summed E-state index contributed by atoms with van der Waals surface area (Å²) in [4.78, 5) is 3.48. The van der Waals surface area contributed by atoms with Gasteiger partial charge in [0.2, 0.25) is 11.6 Å². The van der Waals surface area contributed by atoms with Crippen LogP contribution in [-0.4, -0.2) is 12.0 Å². The fourth-order valence-corrected chi connectivity index (χ4v) is 1.90. The molecule has 0 aliphatic heterocycles. The van der Waals surface area contributed by atoms with Crippen molar-refractivity contribution in [1.29, 1.82) is 0 Å². The number of anilines is 1. The first-order chi connectivity index (χ1) is 8.90. The number of nitrogens with zero attached hydrogens (tertiary/aromatic N) is 2. The minimum Gasteiger partial charge on any atom is -0.452 e. The number of pyridine rings is 1. The molecule has 3 nitrogen and oxygen atoms in total. The molecule has 2 aromatic rings. The lowest BCUT2D eigenvalue weighted by Gasteiger charge is -2.19. The van der Waals surface area contributed by atoms with Gasteiger partial charge in [0.1, 0.15) is 11.4 Å². The summed E-state index contributed by atoms with van der Waals surface area (Å²) in [5.74, 6) is -6.12. The highest BCUT2D eigenvalue weighted by Crippen LogP contribution is 2.27. The maximum Gasteiger partial charge on any atom is 0.253 e. The third-order valence-corrected chi connectivity index (χ3v) is 2.80. The van der Waals surface area contributed by atoms with Crippen LogP contribution in [0.5, 0.6) is 0 Å². The van der Waals surface area contributed by atoms with Crippen LogP contribution in [0.15, 0.2) is 21.2 Å². The van der Waals surface area contributed by atoms with Crippen LogP contribution >= 0.6 is 15.9 Å². The summed E-state index contributed by atoms with van der Waals surface area (Å²) in [7, 11) is 1.27. The number of hydrogen-bond acceptors (Lipinski definition) is 3. The van der Waals surface area contributed by atoms with Gasteiger partial charge in [-0.2, -0.15) is 22.5 Å². The molecule has 0 fully saturated rings. The smallest absolute Gasteiger partial charge is 0.253 e. The average Bonchev–Trinajstić information content (AvgIpc) is 2.72. The Morgan fingerprint density at radius 1 is 1.16 bits per heavy atom. The highest BCUT2D eigenvalue weighted by Gasteiger charge is 2.24. The van der Waals surface area contributed by atoms with Gasteiger partial charge in [-0.3, -0.25) is 0 Å². The monoisotopic (exact) mass is 338 g/mol. The van der Waals surface area contributed by atoms with E-state index in [1.54, 1.807) is 12.1 Å². The van der Waals surface area contributed by atoms with Crippen molar-refractivity contribution in [2.24, 2.45) is 0 Å². The molecular formula is C11H7BrF4N2O. The highest BCUT2D eigenvalue weighted by molar-refractivity contribution is 9.10. The van der Waals surface area contributed by atoms with Crippen LogP contribution in [-0.2, 0) is 6.54 Å². The predicted octanol–water partition coefficient (Wildman–Crippen LogP) is 3.63. The summed E-state index contributed by atoms with van der Waals surface area (Å²) < 4.78 is 58.5. The molecule has 0 atom stereocenters. The van der Waals surface area contributed by atoms with Gasteiger partial charge in [-0.1, -0.05) is 0 Å². The number of halogens is 5.